The van der Waals surface area contributed by atoms with E-state index in [1.807, 2.05) is 32.1 Å². The van der Waals surface area contributed by atoms with Crippen LogP contribution in [0.2, 0.25) is 0 Å². The summed E-state index contributed by atoms with van der Waals surface area (Å²) in [4.78, 5) is 45.5. The molecule has 10 heteroatoms. The minimum atomic E-state index is -0.874. The average Bonchev–Trinajstić information content (AvgIpc) is 3.96. The summed E-state index contributed by atoms with van der Waals surface area (Å²) in [6.07, 6.45) is 29.0. The summed E-state index contributed by atoms with van der Waals surface area (Å²) >= 11 is 0. The third-order valence-electron chi connectivity index (χ3n) is 12.7. The molecule has 6 rings (SSSR count). The fourth-order valence-electron chi connectivity index (χ4n) is 9.05. The summed E-state index contributed by atoms with van der Waals surface area (Å²) in [5.41, 5.74) is 9.29. The maximum Gasteiger partial charge on any atom is 2.00 e. The summed E-state index contributed by atoms with van der Waals surface area (Å²) in [7, 11) is 0. The molecule has 0 spiro atoms. The van der Waals surface area contributed by atoms with Crippen LogP contribution in [-0.4, -0.2) is 34.2 Å². The van der Waals surface area contributed by atoms with Gasteiger partial charge >= 0.3 is 28.4 Å². The number of aromatic nitrogens is 1. The Hall–Kier alpha value is -4.30. The van der Waals surface area contributed by atoms with Crippen LogP contribution < -0.4 is 20.7 Å². The summed E-state index contributed by atoms with van der Waals surface area (Å²) in [6.45, 7) is 12.3. The van der Waals surface area contributed by atoms with Gasteiger partial charge in [0.15, 0.2) is 5.76 Å². The second-order valence-electron chi connectivity index (χ2n) is 16.9. The first-order valence-electron chi connectivity index (χ1n) is 22.5. The van der Waals surface area contributed by atoms with Crippen LogP contribution in [0.25, 0.3) is 17.4 Å². The Bertz CT molecular complexity index is 2220. The van der Waals surface area contributed by atoms with E-state index in [1.54, 1.807) is 0 Å². The Kier molecular flexibility index (Phi) is 17.1. The number of esters is 1. The smallest absolute Gasteiger partial charge is 0.875 e. The molecular weight excluding hydrogens is 795 g/mol. The molecule has 8 bridgehead atoms. The van der Waals surface area contributed by atoms with Gasteiger partial charge in [-0.15, -0.1) is 16.8 Å². The molecule has 0 saturated heterocycles. The van der Waals surface area contributed by atoms with Crippen LogP contribution >= 0.6 is 0 Å². The van der Waals surface area contributed by atoms with Crippen molar-refractivity contribution < 1.29 is 41.0 Å². The number of nitrogens with zero attached hydrogens (tertiary/aromatic N) is 4. The molecule has 1 aliphatic carbocycles. The molecule has 1 aromatic rings. The first kappa shape index (κ1) is 46.8. The molecule has 0 unspecified atom stereocenters. The number of carbonyl (C=O) groups is 2. The molecule has 2 atom stereocenters. The van der Waals surface area contributed by atoms with Gasteiger partial charge in [0.2, 0.25) is 0 Å². The second kappa shape index (κ2) is 22.0. The van der Waals surface area contributed by atoms with Crippen molar-refractivity contribution in [2.75, 3.05) is 0 Å². The number of fused-ring (bicyclic) bond motifs is 5. The summed E-state index contributed by atoms with van der Waals surface area (Å²) in [5, 5.41) is 24.5. The van der Waals surface area contributed by atoms with E-state index in [9.17, 15) is 19.8 Å². The fraction of sp³-hybridized carbons (Fsp3) is 0.540. The number of aliphatic imine (C=N–C) groups is 3. The number of aliphatic carboxylic acids is 1. The van der Waals surface area contributed by atoms with Gasteiger partial charge in [-0.1, -0.05) is 102 Å². The third-order valence-corrected chi connectivity index (χ3v) is 12.7. The van der Waals surface area contributed by atoms with E-state index >= 15 is 0 Å². The van der Waals surface area contributed by atoms with Crippen LogP contribution in [-0.2, 0) is 30.8 Å². The molecule has 9 nitrogen and oxygen atoms in total. The van der Waals surface area contributed by atoms with Crippen LogP contribution in [0.5, 0.6) is 0 Å². The SMILES string of the molecule is CCCCCCCC/C=C/CCCCCCCCC(=O)OC1=C(C)C2=NC1=CC1=NC(=Cc3[n-]c4c(c3C)=C([O-])CC=4C3=NC(=C2)[C@@H](C)[C@@H]3CCC(=O)O)C(CC)=C1C.[Ni+2]. The molecule has 0 saturated carbocycles. The van der Waals surface area contributed by atoms with Gasteiger partial charge in [-0.05, 0) is 106 Å². The standard InChI is InChI=1S/C50H66N4O5.Ni/c1-7-9-10-11-12-13-14-15-16-17-18-19-20-21-22-23-24-46(58)59-50-34(6)41-28-39-32(4)36(25-26-45(56)57)48(53-39)37-27-44(55)47-33(5)40(54-49(37)47)29-42-35(8-2)31(3)38(51-42)30-43(50)52-41;/h15-16,28-30,32,36H,7-14,17-27H2,1-6H3,(H3,51,52,53,54,55,56,57);/q;+2/p-2/b16-15+;/t32-,36-;/m0./s1. The maximum absolute atomic E-state index is 13.6. The van der Waals surface area contributed by atoms with Crippen molar-refractivity contribution in [3.05, 3.63) is 85.7 Å². The van der Waals surface area contributed by atoms with Crippen molar-refractivity contribution in [1.29, 1.82) is 0 Å². The van der Waals surface area contributed by atoms with Gasteiger partial charge in [0.1, 0.15) is 5.70 Å². The molecule has 324 valence electrons. The minimum absolute atomic E-state index is 0. The number of hydrogen-bond acceptors (Lipinski definition) is 7. The first-order chi connectivity index (χ1) is 28.5. The number of unbranched alkanes of at least 4 members (excludes halogenated alkanes) is 12. The Morgan fingerprint density at radius 1 is 0.833 bits per heavy atom. The van der Waals surface area contributed by atoms with Gasteiger partial charge in [-0.3, -0.25) is 14.6 Å². The number of carboxylic acids is 1. The predicted octanol–water partition coefficient (Wildman–Crippen LogP) is 9.55. The van der Waals surface area contributed by atoms with E-state index < -0.39 is 5.97 Å². The Labute approximate surface area is 367 Å². The van der Waals surface area contributed by atoms with Crippen LogP contribution in [0, 0.1) is 18.8 Å². The molecule has 60 heavy (non-hydrogen) atoms. The monoisotopic (exact) mass is 858 g/mol. The zero-order chi connectivity index (χ0) is 42.1. The molecule has 5 heterocycles. The van der Waals surface area contributed by atoms with E-state index in [-0.39, 0.29) is 52.9 Å². The summed E-state index contributed by atoms with van der Waals surface area (Å²) < 4.78 is 6.16. The number of carboxylic acid groups (broad SMARTS) is 1. The van der Waals surface area contributed by atoms with Crippen molar-refractivity contribution >= 4 is 46.5 Å². The van der Waals surface area contributed by atoms with Crippen molar-refractivity contribution in [3.63, 3.8) is 0 Å². The third kappa shape index (κ3) is 11.0. The van der Waals surface area contributed by atoms with E-state index in [0.29, 0.717) is 46.3 Å². The maximum atomic E-state index is 13.6. The largest absolute Gasteiger partial charge is 2.00 e. The van der Waals surface area contributed by atoms with Crippen molar-refractivity contribution in [1.82, 2.24) is 4.98 Å². The predicted molar refractivity (Wildman–Crippen MR) is 237 cm³/mol. The van der Waals surface area contributed by atoms with Crippen LogP contribution in [0.1, 0.15) is 168 Å². The fourth-order valence-corrected chi connectivity index (χ4v) is 9.05. The Morgan fingerprint density at radius 3 is 2.13 bits per heavy atom. The van der Waals surface area contributed by atoms with Gasteiger partial charge < -0.3 is 19.9 Å². The number of hydrogen-bond donors (Lipinski definition) is 1. The number of carbonyl (C=O) groups excluding carboxylic acids is 1. The molecule has 0 aromatic carbocycles. The summed E-state index contributed by atoms with van der Waals surface area (Å²) in [5.74, 6) is -1.07. The van der Waals surface area contributed by atoms with Gasteiger partial charge in [0.25, 0.3) is 0 Å². The molecule has 1 N–H and O–H groups in total. The van der Waals surface area contributed by atoms with Gasteiger partial charge in [-0.2, -0.15) is 0 Å². The van der Waals surface area contributed by atoms with Gasteiger partial charge in [0.05, 0.1) is 17.1 Å². The molecule has 0 amide bonds. The van der Waals surface area contributed by atoms with Crippen molar-refractivity contribution in [3.8, 4) is 0 Å². The molecule has 5 aliphatic rings. The van der Waals surface area contributed by atoms with E-state index in [2.05, 4.69) is 39.8 Å². The van der Waals surface area contributed by atoms with Crippen LogP contribution in [0.3, 0.4) is 0 Å². The van der Waals surface area contributed by atoms with Crippen LogP contribution in [0.15, 0.2) is 78.9 Å². The molecular formula is C50H64N4NiO5. The summed E-state index contributed by atoms with van der Waals surface area (Å²) in [6, 6.07) is 0. The first-order valence-corrected chi connectivity index (χ1v) is 22.5. The normalized spacial score (nSPS) is 19.4. The van der Waals surface area contributed by atoms with Crippen LogP contribution in [0.4, 0.5) is 0 Å². The van der Waals surface area contributed by atoms with Gasteiger partial charge in [0, 0.05) is 41.7 Å². The minimum Gasteiger partial charge on any atom is -0.875 e. The Balaban J connectivity index is 0.00000683. The zero-order valence-corrected chi connectivity index (χ0v) is 37.6. The van der Waals surface area contributed by atoms with E-state index in [4.69, 9.17) is 24.7 Å². The molecule has 1 aromatic heterocycles. The Morgan fingerprint density at radius 2 is 1.47 bits per heavy atom. The van der Waals surface area contributed by atoms with E-state index in [1.165, 1.54) is 64.2 Å². The van der Waals surface area contributed by atoms with E-state index in [0.717, 1.165) is 82.8 Å². The zero-order valence-electron chi connectivity index (χ0n) is 36.7. The van der Waals surface area contributed by atoms with Gasteiger partial charge in [-0.25, -0.2) is 9.98 Å². The molecule has 0 radical (unpaired) electrons. The second-order valence-corrected chi connectivity index (χ2v) is 16.9. The molecule has 0 fully saturated rings. The number of ether oxygens (including phenoxy) is 1. The topological polar surface area (TPSA) is 138 Å². The van der Waals surface area contributed by atoms with Crippen molar-refractivity contribution in [2.45, 2.75) is 164 Å². The molecule has 4 aliphatic heterocycles. The average molecular weight is 860 g/mol. The number of allylic oxidation sites excluding steroid dienone is 8. The quantitative estimate of drug-likeness (QED) is 0.0566. The number of rotatable bonds is 21. The van der Waals surface area contributed by atoms with Crippen molar-refractivity contribution in [2.24, 2.45) is 26.8 Å².